The molecule has 0 amide bonds. The van der Waals surface area contributed by atoms with E-state index in [9.17, 15) is 0 Å². The number of aromatic nitrogens is 1. The summed E-state index contributed by atoms with van der Waals surface area (Å²) in [5.41, 5.74) is 7.39. The van der Waals surface area contributed by atoms with Crippen molar-refractivity contribution < 1.29 is 0 Å². The van der Waals surface area contributed by atoms with Crippen molar-refractivity contribution in [2.24, 2.45) is 17.1 Å². The van der Waals surface area contributed by atoms with Crippen LogP contribution in [0.2, 0.25) is 0 Å². The van der Waals surface area contributed by atoms with E-state index in [0.29, 0.717) is 17.3 Å². The van der Waals surface area contributed by atoms with Crippen molar-refractivity contribution in [3.63, 3.8) is 0 Å². The first-order valence-electron chi connectivity index (χ1n) is 4.88. The highest BCUT2D eigenvalue weighted by Crippen LogP contribution is 2.63. The first-order chi connectivity index (χ1) is 6.57. The second-order valence-electron chi connectivity index (χ2n) is 4.58. The molecule has 3 heteroatoms. The summed E-state index contributed by atoms with van der Waals surface area (Å²) in [5, 5.41) is 0. The van der Waals surface area contributed by atoms with Crippen LogP contribution in [-0.2, 0) is 0 Å². The molecular weight excluding hydrogens is 240 g/mol. The van der Waals surface area contributed by atoms with Crippen LogP contribution in [0, 0.1) is 11.3 Å². The molecule has 1 aromatic rings. The number of nitrogens with zero attached hydrogens (tertiary/aromatic N) is 1. The van der Waals surface area contributed by atoms with Crippen molar-refractivity contribution in [1.82, 2.24) is 4.98 Å². The van der Waals surface area contributed by atoms with E-state index in [1.165, 1.54) is 5.56 Å². The lowest BCUT2D eigenvalue weighted by molar-refractivity contribution is 0.558. The van der Waals surface area contributed by atoms with E-state index < -0.39 is 0 Å². The summed E-state index contributed by atoms with van der Waals surface area (Å²) >= 11 is 3.44. The third kappa shape index (κ3) is 1.48. The molecule has 2 N–H and O–H groups in total. The van der Waals surface area contributed by atoms with Gasteiger partial charge in [-0.15, -0.1) is 0 Å². The van der Waals surface area contributed by atoms with Crippen LogP contribution in [0.5, 0.6) is 0 Å². The zero-order chi connectivity index (χ0) is 10.3. The Labute approximate surface area is 93.0 Å². The van der Waals surface area contributed by atoms with E-state index in [2.05, 4.69) is 40.8 Å². The SMILES string of the molecule is CC1(C)[C@H](CN)[C@H]1c1cncc(Br)c1. The van der Waals surface area contributed by atoms with Crippen molar-refractivity contribution in [1.29, 1.82) is 0 Å². The van der Waals surface area contributed by atoms with Gasteiger partial charge < -0.3 is 5.73 Å². The molecule has 14 heavy (non-hydrogen) atoms. The van der Waals surface area contributed by atoms with Gasteiger partial charge in [-0.3, -0.25) is 4.98 Å². The van der Waals surface area contributed by atoms with E-state index in [1.54, 1.807) is 0 Å². The van der Waals surface area contributed by atoms with Gasteiger partial charge in [-0.1, -0.05) is 13.8 Å². The maximum absolute atomic E-state index is 5.74. The summed E-state index contributed by atoms with van der Waals surface area (Å²) in [4.78, 5) is 4.19. The molecule has 1 aliphatic rings. The molecule has 1 saturated carbocycles. The highest BCUT2D eigenvalue weighted by molar-refractivity contribution is 9.10. The van der Waals surface area contributed by atoms with Crippen molar-refractivity contribution >= 4 is 15.9 Å². The molecule has 0 bridgehead atoms. The molecule has 0 radical (unpaired) electrons. The lowest BCUT2D eigenvalue weighted by Crippen LogP contribution is -2.05. The average molecular weight is 255 g/mol. The smallest absolute Gasteiger partial charge is 0.0410 e. The molecule has 0 aliphatic heterocycles. The fourth-order valence-electron chi connectivity index (χ4n) is 2.44. The molecule has 1 aliphatic carbocycles. The van der Waals surface area contributed by atoms with Crippen LogP contribution in [0.15, 0.2) is 22.9 Å². The lowest BCUT2D eigenvalue weighted by Gasteiger charge is -2.02. The molecule has 0 spiro atoms. The largest absolute Gasteiger partial charge is 0.330 e. The second-order valence-corrected chi connectivity index (χ2v) is 5.49. The molecule has 0 saturated heterocycles. The van der Waals surface area contributed by atoms with Crippen molar-refractivity contribution in [3.8, 4) is 0 Å². The molecule has 1 heterocycles. The standard InChI is InChI=1S/C11H15BrN2/c1-11(2)9(4-13)10(11)7-3-8(12)6-14-5-7/h3,5-6,9-10H,4,13H2,1-2H3/t9-,10-/m1/s1. The Morgan fingerprint density at radius 2 is 2.21 bits per heavy atom. The molecule has 1 fully saturated rings. The average Bonchev–Trinajstić information content (AvgIpc) is 2.68. The summed E-state index contributed by atoms with van der Waals surface area (Å²) in [6.45, 7) is 5.32. The van der Waals surface area contributed by atoms with Crippen LogP contribution in [0.1, 0.15) is 25.3 Å². The number of halogens is 1. The zero-order valence-electron chi connectivity index (χ0n) is 8.50. The number of rotatable bonds is 2. The number of hydrogen-bond donors (Lipinski definition) is 1. The summed E-state index contributed by atoms with van der Waals surface area (Å²) in [6, 6.07) is 2.15. The van der Waals surface area contributed by atoms with Gasteiger partial charge in [-0.05, 0) is 51.4 Å². The Bertz CT molecular complexity index is 349. The van der Waals surface area contributed by atoms with Gasteiger partial charge in [0.15, 0.2) is 0 Å². The summed E-state index contributed by atoms with van der Waals surface area (Å²) in [7, 11) is 0. The molecule has 2 nitrogen and oxygen atoms in total. The van der Waals surface area contributed by atoms with Gasteiger partial charge in [0.05, 0.1) is 0 Å². The Morgan fingerprint density at radius 1 is 1.50 bits per heavy atom. The minimum Gasteiger partial charge on any atom is -0.330 e. The molecular formula is C11H15BrN2. The Kier molecular flexibility index (Phi) is 2.40. The normalized spacial score (nSPS) is 28.9. The third-order valence-corrected chi connectivity index (χ3v) is 3.82. The van der Waals surface area contributed by atoms with Gasteiger partial charge in [0, 0.05) is 16.9 Å². The Hall–Kier alpha value is -0.410. The topological polar surface area (TPSA) is 38.9 Å². The monoisotopic (exact) mass is 254 g/mol. The first kappa shape index (κ1) is 10.1. The highest BCUT2D eigenvalue weighted by Gasteiger charge is 2.57. The maximum Gasteiger partial charge on any atom is 0.0410 e. The number of hydrogen-bond acceptors (Lipinski definition) is 2. The summed E-state index contributed by atoms with van der Waals surface area (Å²) < 4.78 is 1.05. The highest BCUT2D eigenvalue weighted by atomic mass is 79.9. The summed E-state index contributed by atoms with van der Waals surface area (Å²) in [6.07, 6.45) is 3.77. The third-order valence-electron chi connectivity index (χ3n) is 3.39. The van der Waals surface area contributed by atoms with E-state index in [-0.39, 0.29) is 0 Å². The van der Waals surface area contributed by atoms with E-state index in [1.807, 2.05) is 12.4 Å². The predicted octanol–water partition coefficient (Wildman–Crippen LogP) is 2.54. The molecule has 0 aromatic carbocycles. The van der Waals surface area contributed by atoms with Crippen molar-refractivity contribution in [2.45, 2.75) is 19.8 Å². The van der Waals surface area contributed by atoms with Crippen molar-refractivity contribution in [3.05, 3.63) is 28.5 Å². The Morgan fingerprint density at radius 3 is 2.71 bits per heavy atom. The van der Waals surface area contributed by atoms with Crippen LogP contribution in [-0.4, -0.2) is 11.5 Å². The fraction of sp³-hybridized carbons (Fsp3) is 0.545. The first-order valence-corrected chi connectivity index (χ1v) is 5.67. The van der Waals surface area contributed by atoms with Gasteiger partial charge in [0.2, 0.25) is 0 Å². The minimum atomic E-state index is 0.344. The summed E-state index contributed by atoms with van der Waals surface area (Å²) in [5.74, 6) is 1.19. The van der Waals surface area contributed by atoms with Crippen LogP contribution in [0.25, 0.3) is 0 Å². The number of pyridine rings is 1. The Balaban J connectivity index is 2.26. The second kappa shape index (κ2) is 3.31. The molecule has 2 rings (SSSR count). The van der Waals surface area contributed by atoms with Gasteiger partial charge in [-0.2, -0.15) is 0 Å². The predicted molar refractivity (Wildman–Crippen MR) is 61.0 cm³/mol. The maximum atomic E-state index is 5.74. The lowest BCUT2D eigenvalue weighted by atomic mass is 10.1. The number of nitrogens with two attached hydrogens (primary N) is 1. The molecule has 2 atom stereocenters. The van der Waals surface area contributed by atoms with Crippen molar-refractivity contribution in [2.75, 3.05) is 6.54 Å². The van der Waals surface area contributed by atoms with Gasteiger partial charge in [0.25, 0.3) is 0 Å². The molecule has 76 valence electrons. The van der Waals surface area contributed by atoms with E-state index >= 15 is 0 Å². The van der Waals surface area contributed by atoms with Crippen LogP contribution in [0.3, 0.4) is 0 Å². The fourth-order valence-corrected chi connectivity index (χ4v) is 2.83. The quantitative estimate of drug-likeness (QED) is 0.881. The minimum absolute atomic E-state index is 0.344. The van der Waals surface area contributed by atoms with Crippen LogP contribution >= 0.6 is 15.9 Å². The van der Waals surface area contributed by atoms with E-state index in [0.717, 1.165) is 11.0 Å². The van der Waals surface area contributed by atoms with Crippen LogP contribution in [0.4, 0.5) is 0 Å². The molecule has 1 aromatic heterocycles. The van der Waals surface area contributed by atoms with Gasteiger partial charge in [-0.25, -0.2) is 0 Å². The van der Waals surface area contributed by atoms with Gasteiger partial charge in [0.1, 0.15) is 0 Å². The van der Waals surface area contributed by atoms with Crippen LogP contribution < -0.4 is 5.73 Å². The zero-order valence-corrected chi connectivity index (χ0v) is 10.1. The van der Waals surface area contributed by atoms with Gasteiger partial charge >= 0.3 is 0 Å². The van der Waals surface area contributed by atoms with E-state index in [4.69, 9.17) is 5.73 Å². The molecule has 0 unspecified atom stereocenters.